The third-order valence-electron chi connectivity index (χ3n) is 3.04. The second-order valence-electron chi connectivity index (χ2n) is 4.39. The van der Waals surface area contributed by atoms with Crippen LogP contribution in [0.25, 0.3) is 0 Å². The quantitative estimate of drug-likeness (QED) is 0.892. The maximum absolute atomic E-state index is 13.2. The van der Waals surface area contributed by atoms with Crippen LogP contribution in [0, 0.1) is 5.82 Å². The molecule has 2 aromatic rings. The summed E-state index contributed by atoms with van der Waals surface area (Å²) in [6.07, 6.45) is 0.660. The molecule has 3 heteroatoms. The molecule has 2 aromatic carbocycles. The largest absolute Gasteiger partial charge is 0.484 e. The average molecular weight is 259 g/mol. The van der Waals surface area contributed by atoms with E-state index >= 15 is 0 Å². The lowest BCUT2D eigenvalue weighted by atomic mass is 10.1. The van der Waals surface area contributed by atoms with Gasteiger partial charge in [-0.25, -0.2) is 4.39 Å². The zero-order chi connectivity index (χ0) is 13.7. The Bertz CT molecular complexity index is 525. The van der Waals surface area contributed by atoms with Crippen molar-refractivity contribution in [2.45, 2.75) is 19.4 Å². The molecular weight excluding hydrogens is 241 g/mol. The van der Waals surface area contributed by atoms with Crippen LogP contribution in [0.5, 0.6) is 5.75 Å². The number of nitrogens with two attached hydrogens (primary N) is 1. The van der Waals surface area contributed by atoms with E-state index in [2.05, 4.69) is 6.92 Å². The van der Waals surface area contributed by atoms with Crippen LogP contribution in [-0.2, 0) is 6.42 Å². The molecule has 0 aliphatic rings. The van der Waals surface area contributed by atoms with Crippen LogP contribution in [0.3, 0.4) is 0 Å². The fourth-order valence-corrected chi connectivity index (χ4v) is 1.93. The van der Waals surface area contributed by atoms with E-state index in [-0.39, 0.29) is 11.9 Å². The van der Waals surface area contributed by atoms with Crippen LogP contribution >= 0.6 is 0 Å². The summed E-state index contributed by atoms with van der Waals surface area (Å²) in [4.78, 5) is 0. The number of hydrogen-bond donors (Lipinski definition) is 1. The molecule has 0 bridgehead atoms. The lowest BCUT2D eigenvalue weighted by molar-refractivity contribution is 0.213. The molecule has 100 valence electrons. The van der Waals surface area contributed by atoms with Crippen LogP contribution in [0.4, 0.5) is 4.39 Å². The molecule has 0 saturated carbocycles. The van der Waals surface area contributed by atoms with Crippen molar-refractivity contribution in [1.82, 2.24) is 0 Å². The smallest absolute Gasteiger partial charge is 0.136 e. The van der Waals surface area contributed by atoms with Crippen LogP contribution < -0.4 is 10.5 Å². The molecule has 1 unspecified atom stereocenters. The Balaban J connectivity index is 2.14. The van der Waals surface area contributed by atoms with Gasteiger partial charge in [-0.05, 0) is 41.8 Å². The van der Waals surface area contributed by atoms with Crippen LogP contribution in [0.15, 0.2) is 48.5 Å². The van der Waals surface area contributed by atoms with Gasteiger partial charge < -0.3 is 10.5 Å². The van der Waals surface area contributed by atoms with E-state index in [1.165, 1.54) is 17.7 Å². The monoisotopic (exact) mass is 259 g/mol. The molecule has 0 radical (unpaired) electrons. The van der Waals surface area contributed by atoms with Crippen molar-refractivity contribution >= 4 is 0 Å². The van der Waals surface area contributed by atoms with E-state index in [4.69, 9.17) is 10.5 Å². The van der Waals surface area contributed by atoms with Crippen LogP contribution in [-0.4, -0.2) is 6.54 Å². The second-order valence-corrected chi connectivity index (χ2v) is 4.39. The highest BCUT2D eigenvalue weighted by Crippen LogP contribution is 2.22. The van der Waals surface area contributed by atoms with Gasteiger partial charge in [0.05, 0.1) is 0 Å². The molecule has 1 atom stereocenters. The lowest BCUT2D eigenvalue weighted by Crippen LogP contribution is -2.18. The Kier molecular flexibility index (Phi) is 4.53. The number of ether oxygens (including phenoxy) is 1. The van der Waals surface area contributed by atoms with Gasteiger partial charge in [-0.2, -0.15) is 0 Å². The molecule has 0 aliphatic carbocycles. The minimum Gasteiger partial charge on any atom is -0.484 e. The maximum atomic E-state index is 13.2. The highest BCUT2D eigenvalue weighted by atomic mass is 19.1. The Hall–Kier alpha value is -1.87. The highest BCUT2D eigenvalue weighted by molar-refractivity contribution is 5.29. The van der Waals surface area contributed by atoms with E-state index in [1.54, 1.807) is 6.07 Å². The molecule has 2 rings (SSSR count). The Labute approximate surface area is 113 Å². The van der Waals surface area contributed by atoms with E-state index in [1.807, 2.05) is 30.3 Å². The fourth-order valence-electron chi connectivity index (χ4n) is 1.93. The minimum absolute atomic E-state index is 0.277. The first-order valence-corrected chi connectivity index (χ1v) is 6.44. The molecule has 0 fully saturated rings. The predicted octanol–water partition coefficient (Wildman–Crippen LogP) is 3.47. The standard InChI is InChI=1S/C16H18FNO/c1-2-12-6-8-15(9-7-12)19-16(11-18)13-4-3-5-14(17)10-13/h3-10,16H,2,11,18H2,1H3. The summed E-state index contributed by atoms with van der Waals surface area (Å²) < 4.78 is 19.0. The molecule has 2 N–H and O–H groups in total. The molecule has 0 aromatic heterocycles. The van der Waals surface area contributed by atoms with Crippen molar-refractivity contribution in [2.24, 2.45) is 5.73 Å². The van der Waals surface area contributed by atoms with E-state index in [0.29, 0.717) is 6.54 Å². The fraction of sp³-hybridized carbons (Fsp3) is 0.250. The summed E-state index contributed by atoms with van der Waals surface area (Å²) >= 11 is 0. The Morgan fingerprint density at radius 2 is 1.89 bits per heavy atom. The van der Waals surface area contributed by atoms with Gasteiger partial charge in [0, 0.05) is 6.54 Å². The normalized spacial score (nSPS) is 12.2. The average Bonchev–Trinajstić information content (AvgIpc) is 2.45. The van der Waals surface area contributed by atoms with Gasteiger partial charge in [-0.1, -0.05) is 31.2 Å². The van der Waals surface area contributed by atoms with Crippen LogP contribution in [0.1, 0.15) is 24.2 Å². The highest BCUT2D eigenvalue weighted by Gasteiger charge is 2.12. The van der Waals surface area contributed by atoms with E-state index in [9.17, 15) is 4.39 Å². The Morgan fingerprint density at radius 3 is 2.47 bits per heavy atom. The molecule has 0 amide bonds. The molecule has 0 aliphatic heterocycles. The number of rotatable bonds is 5. The van der Waals surface area contributed by atoms with E-state index < -0.39 is 0 Å². The molecule has 0 heterocycles. The van der Waals surface area contributed by atoms with Crippen molar-refractivity contribution in [3.63, 3.8) is 0 Å². The minimum atomic E-state index is -0.330. The van der Waals surface area contributed by atoms with Gasteiger partial charge in [0.15, 0.2) is 0 Å². The van der Waals surface area contributed by atoms with Crippen molar-refractivity contribution in [1.29, 1.82) is 0 Å². The topological polar surface area (TPSA) is 35.2 Å². The Morgan fingerprint density at radius 1 is 1.16 bits per heavy atom. The van der Waals surface area contributed by atoms with Gasteiger partial charge in [0.2, 0.25) is 0 Å². The van der Waals surface area contributed by atoms with Gasteiger partial charge >= 0.3 is 0 Å². The first kappa shape index (κ1) is 13.6. The first-order chi connectivity index (χ1) is 9.22. The van der Waals surface area contributed by atoms with Gasteiger partial charge in [-0.3, -0.25) is 0 Å². The predicted molar refractivity (Wildman–Crippen MR) is 74.6 cm³/mol. The second kappa shape index (κ2) is 6.34. The van der Waals surface area contributed by atoms with Crippen molar-refractivity contribution < 1.29 is 9.13 Å². The van der Waals surface area contributed by atoms with Gasteiger partial charge in [-0.15, -0.1) is 0 Å². The van der Waals surface area contributed by atoms with Crippen molar-refractivity contribution in [3.8, 4) is 5.75 Å². The third-order valence-corrected chi connectivity index (χ3v) is 3.04. The number of hydrogen-bond acceptors (Lipinski definition) is 2. The maximum Gasteiger partial charge on any atom is 0.136 e. The van der Waals surface area contributed by atoms with E-state index in [0.717, 1.165) is 17.7 Å². The number of benzene rings is 2. The molecular formula is C16H18FNO. The summed E-state index contributed by atoms with van der Waals surface area (Å²) in [7, 11) is 0. The molecule has 0 spiro atoms. The molecule has 19 heavy (non-hydrogen) atoms. The summed E-state index contributed by atoms with van der Waals surface area (Å²) in [5, 5.41) is 0. The first-order valence-electron chi connectivity index (χ1n) is 6.44. The number of aryl methyl sites for hydroxylation is 1. The van der Waals surface area contributed by atoms with Gasteiger partial charge in [0.25, 0.3) is 0 Å². The molecule has 2 nitrogen and oxygen atoms in total. The zero-order valence-electron chi connectivity index (χ0n) is 11.0. The number of halogens is 1. The van der Waals surface area contributed by atoms with Crippen LogP contribution in [0.2, 0.25) is 0 Å². The summed E-state index contributed by atoms with van der Waals surface area (Å²) in [6, 6.07) is 14.2. The third kappa shape index (κ3) is 3.55. The zero-order valence-corrected chi connectivity index (χ0v) is 11.0. The van der Waals surface area contributed by atoms with Gasteiger partial charge in [0.1, 0.15) is 17.7 Å². The SMILES string of the molecule is CCc1ccc(OC(CN)c2cccc(F)c2)cc1. The van der Waals surface area contributed by atoms with Crippen molar-refractivity contribution in [3.05, 3.63) is 65.5 Å². The van der Waals surface area contributed by atoms with Crippen molar-refractivity contribution in [2.75, 3.05) is 6.54 Å². The summed E-state index contributed by atoms with van der Waals surface area (Å²) in [6.45, 7) is 2.41. The summed E-state index contributed by atoms with van der Waals surface area (Å²) in [5.74, 6) is 0.470. The summed E-state index contributed by atoms with van der Waals surface area (Å²) in [5.41, 5.74) is 7.72. The lowest BCUT2D eigenvalue weighted by Gasteiger charge is -2.18. The molecule has 0 saturated heterocycles.